The van der Waals surface area contributed by atoms with E-state index in [1.165, 1.54) is 32.2 Å². The molecule has 2 heterocycles. The van der Waals surface area contributed by atoms with E-state index in [9.17, 15) is 4.79 Å². The molecule has 4 atom stereocenters. The molecule has 1 saturated carbocycles. The van der Waals surface area contributed by atoms with Gasteiger partial charge in [0, 0.05) is 37.6 Å². The third kappa shape index (κ3) is 2.86. The second-order valence-electron chi connectivity index (χ2n) is 7.10. The first-order valence-corrected chi connectivity index (χ1v) is 8.44. The summed E-state index contributed by atoms with van der Waals surface area (Å²) in [6.45, 7) is 5.44. The highest BCUT2D eigenvalue weighted by atomic mass is 16.2. The molecular formula is C16H29N3O. The fraction of sp³-hybridized carbons (Fsp3) is 0.938. The molecule has 0 aromatic heterocycles. The van der Waals surface area contributed by atoms with Crippen molar-refractivity contribution in [1.29, 1.82) is 0 Å². The van der Waals surface area contributed by atoms with Crippen LogP contribution in [0.3, 0.4) is 0 Å². The number of fused-ring (bicyclic) bond motifs is 1. The predicted molar refractivity (Wildman–Crippen MR) is 80.3 cm³/mol. The highest BCUT2D eigenvalue weighted by Crippen LogP contribution is 2.29. The van der Waals surface area contributed by atoms with Crippen molar-refractivity contribution in [1.82, 2.24) is 9.80 Å². The van der Waals surface area contributed by atoms with Crippen molar-refractivity contribution in [2.24, 2.45) is 11.7 Å². The van der Waals surface area contributed by atoms with Gasteiger partial charge in [-0.1, -0.05) is 12.8 Å². The second kappa shape index (κ2) is 6.02. The van der Waals surface area contributed by atoms with Crippen LogP contribution in [-0.2, 0) is 4.79 Å². The van der Waals surface area contributed by atoms with Crippen molar-refractivity contribution >= 4 is 5.91 Å². The molecule has 0 radical (unpaired) electrons. The van der Waals surface area contributed by atoms with Crippen LogP contribution in [0, 0.1) is 5.92 Å². The molecular weight excluding hydrogens is 250 g/mol. The quantitative estimate of drug-likeness (QED) is 0.835. The van der Waals surface area contributed by atoms with Crippen molar-refractivity contribution in [3.05, 3.63) is 0 Å². The molecule has 0 aromatic rings. The zero-order valence-corrected chi connectivity index (χ0v) is 12.8. The molecule has 3 aliphatic rings. The van der Waals surface area contributed by atoms with Gasteiger partial charge in [-0.15, -0.1) is 0 Å². The Morgan fingerprint density at radius 1 is 1.15 bits per heavy atom. The number of nitrogens with two attached hydrogens (primary N) is 1. The number of carbonyl (C=O) groups excluding carboxylic acids is 1. The minimum absolute atomic E-state index is 0.255. The Hall–Kier alpha value is -0.610. The predicted octanol–water partition coefficient (Wildman–Crippen LogP) is 1.59. The normalized spacial score (nSPS) is 38.8. The monoisotopic (exact) mass is 279 g/mol. The van der Waals surface area contributed by atoms with E-state index in [1.807, 2.05) is 0 Å². The molecule has 114 valence electrons. The van der Waals surface area contributed by atoms with Gasteiger partial charge in [0.1, 0.15) is 0 Å². The van der Waals surface area contributed by atoms with Crippen LogP contribution in [0.4, 0.5) is 0 Å². The lowest BCUT2D eigenvalue weighted by atomic mass is 9.95. The van der Waals surface area contributed by atoms with E-state index in [4.69, 9.17) is 5.73 Å². The topological polar surface area (TPSA) is 49.6 Å². The summed E-state index contributed by atoms with van der Waals surface area (Å²) in [5.74, 6) is 0.782. The maximum Gasteiger partial charge on any atom is 0.223 e. The molecule has 2 N–H and O–H groups in total. The van der Waals surface area contributed by atoms with Crippen molar-refractivity contribution < 1.29 is 4.79 Å². The largest absolute Gasteiger partial charge is 0.337 e. The lowest BCUT2D eigenvalue weighted by molar-refractivity contribution is -0.139. The van der Waals surface area contributed by atoms with E-state index < -0.39 is 0 Å². The summed E-state index contributed by atoms with van der Waals surface area (Å²) in [6.07, 6.45) is 8.04. The van der Waals surface area contributed by atoms with Crippen LogP contribution >= 0.6 is 0 Å². The van der Waals surface area contributed by atoms with E-state index in [1.54, 1.807) is 0 Å². The number of nitrogens with zero attached hydrogens (tertiary/aromatic N) is 2. The van der Waals surface area contributed by atoms with Gasteiger partial charge in [0.05, 0.1) is 0 Å². The van der Waals surface area contributed by atoms with E-state index in [0.29, 0.717) is 30.3 Å². The minimum atomic E-state index is 0.255. The first-order chi connectivity index (χ1) is 9.65. The van der Waals surface area contributed by atoms with Crippen molar-refractivity contribution in [3.8, 4) is 0 Å². The molecule has 2 aliphatic heterocycles. The summed E-state index contributed by atoms with van der Waals surface area (Å²) in [6, 6.07) is 1.24. The Balaban J connectivity index is 1.59. The number of amides is 1. The molecule has 2 saturated heterocycles. The average molecular weight is 279 g/mol. The highest BCUT2D eigenvalue weighted by Gasteiger charge is 2.36. The van der Waals surface area contributed by atoms with Crippen LogP contribution < -0.4 is 5.73 Å². The summed E-state index contributed by atoms with van der Waals surface area (Å²) < 4.78 is 0. The fourth-order valence-electron chi connectivity index (χ4n) is 4.36. The molecule has 1 amide bonds. The number of hydrogen-bond donors (Lipinski definition) is 1. The third-order valence-corrected chi connectivity index (χ3v) is 5.66. The number of rotatable bonds is 2. The lowest BCUT2D eigenvalue weighted by Gasteiger charge is -2.47. The van der Waals surface area contributed by atoms with E-state index >= 15 is 0 Å². The molecule has 3 fully saturated rings. The molecule has 3 rings (SSSR count). The van der Waals surface area contributed by atoms with Gasteiger partial charge in [0.2, 0.25) is 5.91 Å². The number of piperazine rings is 1. The van der Waals surface area contributed by atoms with Gasteiger partial charge >= 0.3 is 0 Å². The van der Waals surface area contributed by atoms with Gasteiger partial charge < -0.3 is 10.6 Å². The number of carbonyl (C=O) groups is 1. The molecule has 0 aromatic carbocycles. The minimum Gasteiger partial charge on any atom is -0.337 e. The summed E-state index contributed by atoms with van der Waals surface area (Å²) in [4.78, 5) is 17.4. The second-order valence-corrected chi connectivity index (χ2v) is 7.10. The molecule has 4 nitrogen and oxygen atoms in total. The molecule has 1 aliphatic carbocycles. The van der Waals surface area contributed by atoms with Gasteiger partial charge in [-0.05, 0) is 45.1 Å². The first kappa shape index (κ1) is 14.3. The average Bonchev–Trinajstić information content (AvgIpc) is 2.83. The van der Waals surface area contributed by atoms with Gasteiger partial charge in [0.15, 0.2) is 0 Å². The van der Waals surface area contributed by atoms with Crippen molar-refractivity contribution in [2.75, 3.05) is 19.6 Å². The number of piperidine rings is 1. The van der Waals surface area contributed by atoms with Gasteiger partial charge in [0.25, 0.3) is 0 Å². The summed E-state index contributed by atoms with van der Waals surface area (Å²) >= 11 is 0. The van der Waals surface area contributed by atoms with Gasteiger partial charge in [-0.2, -0.15) is 0 Å². The Labute approximate surface area is 122 Å². The van der Waals surface area contributed by atoms with E-state index in [2.05, 4.69) is 16.7 Å². The Bertz CT molecular complexity index is 360. The van der Waals surface area contributed by atoms with Crippen LogP contribution in [0.25, 0.3) is 0 Å². The molecule has 0 bridgehead atoms. The highest BCUT2D eigenvalue weighted by molar-refractivity contribution is 5.77. The Morgan fingerprint density at radius 3 is 2.75 bits per heavy atom. The Kier molecular flexibility index (Phi) is 4.32. The van der Waals surface area contributed by atoms with Crippen LogP contribution in [0.2, 0.25) is 0 Å². The molecule has 2 unspecified atom stereocenters. The van der Waals surface area contributed by atoms with Gasteiger partial charge in [-0.25, -0.2) is 0 Å². The summed E-state index contributed by atoms with van der Waals surface area (Å²) in [5.41, 5.74) is 6.12. The maximum atomic E-state index is 12.6. The van der Waals surface area contributed by atoms with Crippen LogP contribution in [0.15, 0.2) is 0 Å². The molecule has 4 heteroatoms. The molecule has 0 spiro atoms. The zero-order valence-electron chi connectivity index (χ0n) is 12.8. The SMILES string of the molecule is CC1CN2CCCCC2CN1C(=O)C[C@@H]1CCC[C@H]1N. The van der Waals surface area contributed by atoms with Crippen LogP contribution in [-0.4, -0.2) is 53.5 Å². The standard InChI is InChI=1S/C16H29N3O/c1-12-10-18-8-3-2-6-14(18)11-19(12)16(20)9-13-5-4-7-15(13)17/h12-15H,2-11,17H2,1H3/t12?,13-,14?,15+/m0/s1. The molecule has 20 heavy (non-hydrogen) atoms. The third-order valence-electron chi connectivity index (χ3n) is 5.66. The summed E-state index contributed by atoms with van der Waals surface area (Å²) in [7, 11) is 0. The van der Waals surface area contributed by atoms with Gasteiger partial charge in [-0.3, -0.25) is 9.69 Å². The van der Waals surface area contributed by atoms with E-state index in [0.717, 1.165) is 25.9 Å². The zero-order chi connectivity index (χ0) is 14.1. The van der Waals surface area contributed by atoms with Crippen molar-refractivity contribution in [3.63, 3.8) is 0 Å². The van der Waals surface area contributed by atoms with Crippen LogP contribution in [0.5, 0.6) is 0 Å². The smallest absolute Gasteiger partial charge is 0.223 e. The van der Waals surface area contributed by atoms with Crippen LogP contribution in [0.1, 0.15) is 51.9 Å². The maximum absolute atomic E-state index is 12.6. The van der Waals surface area contributed by atoms with Crippen molar-refractivity contribution in [2.45, 2.75) is 70.0 Å². The Morgan fingerprint density at radius 2 is 2.00 bits per heavy atom. The first-order valence-electron chi connectivity index (χ1n) is 8.44. The fourth-order valence-corrected chi connectivity index (χ4v) is 4.36. The number of hydrogen-bond acceptors (Lipinski definition) is 3. The lowest BCUT2D eigenvalue weighted by Crippen LogP contribution is -2.60. The summed E-state index contributed by atoms with van der Waals surface area (Å²) in [5, 5.41) is 0. The van der Waals surface area contributed by atoms with E-state index in [-0.39, 0.29) is 6.04 Å².